The van der Waals surface area contributed by atoms with Gasteiger partial charge in [-0.05, 0) is 55.4 Å². The number of benzene rings is 2. The number of nitrogens with zero attached hydrogens (tertiary/aromatic N) is 3. The number of rotatable bonds is 4. The first-order chi connectivity index (χ1) is 14.8. The van der Waals surface area contributed by atoms with Gasteiger partial charge in [-0.25, -0.2) is 4.98 Å². The van der Waals surface area contributed by atoms with Crippen LogP contribution in [0.15, 0.2) is 52.4 Å². The number of para-hydroxylation sites is 2. The Labute approximate surface area is 187 Å². The third-order valence-corrected chi connectivity index (χ3v) is 6.88. The third-order valence-electron chi connectivity index (χ3n) is 5.95. The number of hydrogen-bond donors (Lipinski definition) is 0. The Hall–Kier alpha value is -2.60. The van der Waals surface area contributed by atoms with Gasteiger partial charge in [-0.15, -0.1) is 0 Å². The molecule has 5 nitrogen and oxygen atoms in total. The van der Waals surface area contributed by atoms with Crippen LogP contribution < -0.4 is 5.56 Å². The van der Waals surface area contributed by atoms with Gasteiger partial charge in [0.1, 0.15) is 0 Å². The first kappa shape index (κ1) is 21.6. The Bertz CT molecular complexity index is 1160. The minimum Gasteiger partial charge on any atom is -0.341 e. The standard InChI is InChI=1S/C25H29N3O2S/c1-16-12-17(2)14-27(13-16)22(29)15-31-25-26-21-11-6-5-10-20(21)24(30)28(25)23-18(3)8-7-9-19(23)4/h5-11,16-17H,12-15H2,1-4H3/t16-,17-/m1/s1. The van der Waals surface area contributed by atoms with Crippen molar-refractivity contribution in [2.45, 2.75) is 39.3 Å². The van der Waals surface area contributed by atoms with Gasteiger partial charge < -0.3 is 4.90 Å². The maximum Gasteiger partial charge on any atom is 0.266 e. The number of fused-ring (bicyclic) bond motifs is 1. The lowest BCUT2D eigenvalue weighted by Gasteiger charge is -2.35. The normalized spacial score (nSPS) is 19.0. The molecule has 1 fully saturated rings. The Morgan fingerprint density at radius 2 is 1.68 bits per heavy atom. The number of carbonyl (C=O) groups is 1. The number of hydrogen-bond acceptors (Lipinski definition) is 4. The fourth-order valence-corrected chi connectivity index (χ4v) is 5.55. The molecule has 31 heavy (non-hydrogen) atoms. The Morgan fingerprint density at radius 3 is 2.35 bits per heavy atom. The average Bonchev–Trinajstić information content (AvgIpc) is 2.73. The SMILES string of the molecule is Cc1cccc(C)c1-n1c(SCC(=O)N2C[C@H](C)C[C@@H](C)C2)nc2ccccc2c1=O. The van der Waals surface area contributed by atoms with Crippen LogP contribution in [0.4, 0.5) is 0 Å². The first-order valence-electron chi connectivity index (χ1n) is 10.8. The largest absolute Gasteiger partial charge is 0.341 e. The zero-order chi connectivity index (χ0) is 22.1. The Balaban J connectivity index is 1.73. The molecule has 1 saturated heterocycles. The maximum absolute atomic E-state index is 13.5. The van der Waals surface area contributed by atoms with Gasteiger partial charge in [-0.1, -0.05) is 55.9 Å². The zero-order valence-corrected chi connectivity index (χ0v) is 19.4. The molecule has 4 rings (SSSR count). The van der Waals surface area contributed by atoms with Crippen LogP contribution in [0.2, 0.25) is 0 Å². The smallest absolute Gasteiger partial charge is 0.266 e. The molecule has 2 heterocycles. The molecule has 2 aromatic carbocycles. The summed E-state index contributed by atoms with van der Waals surface area (Å²) < 4.78 is 1.69. The highest BCUT2D eigenvalue weighted by atomic mass is 32.2. The van der Waals surface area contributed by atoms with E-state index in [0.717, 1.165) is 36.3 Å². The van der Waals surface area contributed by atoms with Gasteiger partial charge in [-0.3, -0.25) is 14.2 Å². The van der Waals surface area contributed by atoms with E-state index in [0.29, 0.717) is 27.9 Å². The van der Waals surface area contributed by atoms with E-state index < -0.39 is 0 Å². The molecule has 1 amide bonds. The summed E-state index contributed by atoms with van der Waals surface area (Å²) >= 11 is 1.35. The number of thioether (sulfide) groups is 1. The van der Waals surface area contributed by atoms with Crippen molar-refractivity contribution in [1.29, 1.82) is 0 Å². The van der Waals surface area contributed by atoms with Crippen molar-refractivity contribution in [3.05, 3.63) is 63.9 Å². The average molecular weight is 436 g/mol. The van der Waals surface area contributed by atoms with Gasteiger partial charge in [0.2, 0.25) is 5.91 Å². The first-order valence-corrected chi connectivity index (χ1v) is 11.8. The van der Waals surface area contributed by atoms with Gasteiger partial charge in [0.05, 0.1) is 22.3 Å². The van der Waals surface area contributed by atoms with E-state index in [9.17, 15) is 9.59 Å². The van der Waals surface area contributed by atoms with Crippen LogP contribution in [-0.4, -0.2) is 39.2 Å². The maximum atomic E-state index is 13.5. The van der Waals surface area contributed by atoms with Crippen molar-refractivity contribution in [3.63, 3.8) is 0 Å². The van der Waals surface area contributed by atoms with Crippen molar-refractivity contribution >= 4 is 28.6 Å². The molecule has 1 aliphatic rings. The monoisotopic (exact) mass is 435 g/mol. The number of carbonyl (C=O) groups excluding carboxylic acids is 1. The van der Waals surface area contributed by atoms with E-state index in [-0.39, 0.29) is 17.2 Å². The van der Waals surface area contributed by atoms with Crippen LogP contribution in [0, 0.1) is 25.7 Å². The Morgan fingerprint density at radius 1 is 1.03 bits per heavy atom. The summed E-state index contributed by atoms with van der Waals surface area (Å²) in [7, 11) is 0. The van der Waals surface area contributed by atoms with Gasteiger partial charge in [0, 0.05) is 13.1 Å². The molecular weight excluding hydrogens is 406 g/mol. The zero-order valence-electron chi connectivity index (χ0n) is 18.6. The van der Waals surface area contributed by atoms with Gasteiger partial charge in [-0.2, -0.15) is 0 Å². The van der Waals surface area contributed by atoms with Gasteiger partial charge >= 0.3 is 0 Å². The number of likely N-dealkylation sites (tertiary alicyclic amines) is 1. The van der Waals surface area contributed by atoms with Crippen molar-refractivity contribution in [2.75, 3.05) is 18.8 Å². The highest BCUT2D eigenvalue weighted by molar-refractivity contribution is 7.99. The molecule has 0 N–H and O–H groups in total. The van der Waals surface area contributed by atoms with E-state index in [1.165, 1.54) is 11.8 Å². The number of aromatic nitrogens is 2. The van der Waals surface area contributed by atoms with Crippen LogP contribution in [0.25, 0.3) is 16.6 Å². The van der Waals surface area contributed by atoms with E-state index >= 15 is 0 Å². The molecule has 1 aliphatic heterocycles. The van der Waals surface area contributed by atoms with Crippen LogP contribution in [0.1, 0.15) is 31.4 Å². The predicted octanol–water partition coefficient (Wildman–Crippen LogP) is 4.60. The number of amides is 1. The van der Waals surface area contributed by atoms with Gasteiger partial charge in [0.25, 0.3) is 5.56 Å². The lowest BCUT2D eigenvalue weighted by Crippen LogP contribution is -2.43. The Kier molecular flexibility index (Phi) is 6.19. The van der Waals surface area contributed by atoms with Crippen molar-refractivity contribution in [3.8, 4) is 5.69 Å². The lowest BCUT2D eigenvalue weighted by atomic mass is 9.92. The summed E-state index contributed by atoms with van der Waals surface area (Å²) in [6.45, 7) is 10.0. The fraction of sp³-hybridized carbons (Fsp3) is 0.400. The molecule has 162 valence electrons. The molecular formula is C25H29N3O2S. The minimum atomic E-state index is -0.0989. The second kappa shape index (κ2) is 8.87. The highest BCUT2D eigenvalue weighted by Gasteiger charge is 2.26. The second-order valence-corrected chi connectivity index (χ2v) is 9.77. The molecule has 2 atom stereocenters. The third kappa shape index (κ3) is 4.40. The molecule has 0 saturated carbocycles. The molecule has 6 heteroatoms. The van der Waals surface area contributed by atoms with E-state index in [4.69, 9.17) is 4.98 Å². The van der Waals surface area contributed by atoms with E-state index in [1.54, 1.807) is 4.57 Å². The topological polar surface area (TPSA) is 55.2 Å². The number of piperidine rings is 1. The van der Waals surface area contributed by atoms with Crippen LogP contribution in [0.5, 0.6) is 0 Å². The molecule has 0 unspecified atom stereocenters. The van der Waals surface area contributed by atoms with Crippen LogP contribution >= 0.6 is 11.8 Å². The van der Waals surface area contributed by atoms with E-state index in [1.807, 2.05) is 61.2 Å². The lowest BCUT2D eigenvalue weighted by molar-refractivity contribution is -0.130. The quantitative estimate of drug-likeness (QED) is 0.444. The van der Waals surface area contributed by atoms with Gasteiger partial charge in [0.15, 0.2) is 5.16 Å². The molecule has 0 bridgehead atoms. The minimum absolute atomic E-state index is 0.0989. The van der Waals surface area contributed by atoms with Crippen molar-refractivity contribution < 1.29 is 4.79 Å². The molecule has 0 spiro atoms. The summed E-state index contributed by atoms with van der Waals surface area (Å²) in [4.78, 5) is 33.2. The fourth-order valence-electron chi connectivity index (χ4n) is 4.65. The second-order valence-electron chi connectivity index (χ2n) is 8.83. The molecule has 0 radical (unpaired) electrons. The molecule has 1 aromatic heterocycles. The van der Waals surface area contributed by atoms with Crippen LogP contribution in [0.3, 0.4) is 0 Å². The van der Waals surface area contributed by atoms with E-state index in [2.05, 4.69) is 13.8 Å². The number of aryl methyl sites for hydroxylation is 2. The summed E-state index contributed by atoms with van der Waals surface area (Å²) in [5.74, 6) is 1.42. The molecule has 0 aliphatic carbocycles. The summed E-state index contributed by atoms with van der Waals surface area (Å²) in [6.07, 6.45) is 1.16. The highest BCUT2D eigenvalue weighted by Crippen LogP contribution is 2.27. The summed E-state index contributed by atoms with van der Waals surface area (Å²) in [5.41, 5.74) is 3.42. The van der Waals surface area contributed by atoms with Crippen molar-refractivity contribution in [1.82, 2.24) is 14.5 Å². The summed E-state index contributed by atoms with van der Waals surface area (Å²) in [6, 6.07) is 13.4. The van der Waals surface area contributed by atoms with Crippen LogP contribution in [-0.2, 0) is 4.79 Å². The molecule has 3 aromatic rings. The van der Waals surface area contributed by atoms with Crippen molar-refractivity contribution in [2.24, 2.45) is 11.8 Å². The predicted molar refractivity (Wildman–Crippen MR) is 127 cm³/mol. The summed E-state index contributed by atoms with van der Waals surface area (Å²) in [5, 5.41) is 1.15.